The van der Waals surface area contributed by atoms with E-state index in [4.69, 9.17) is 11.6 Å². The Bertz CT molecular complexity index is 604. The third kappa shape index (κ3) is 4.89. The molecule has 0 saturated carbocycles. The van der Waals surface area contributed by atoms with E-state index in [1.807, 2.05) is 13.8 Å². The molecule has 0 radical (unpaired) electrons. The third-order valence-corrected chi connectivity index (χ3v) is 4.63. The van der Waals surface area contributed by atoms with Crippen molar-refractivity contribution in [2.75, 3.05) is 10.6 Å². The number of nitrogens with zero attached hydrogens (tertiary/aromatic N) is 1. The van der Waals surface area contributed by atoms with E-state index in [1.54, 1.807) is 25.1 Å². The normalized spacial score (nSPS) is 14.3. The lowest BCUT2D eigenvalue weighted by atomic mass is 10.2. The molecule has 0 aliphatic heterocycles. The second-order valence-electron chi connectivity index (χ2n) is 5.03. The van der Waals surface area contributed by atoms with Crippen molar-refractivity contribution in [3.8, 4) is 0 Å². The summed E-state index contributed by atoms with van der Waals surface area (Å²) < 4.78 is 25.2. The van der Waals surface area contributed by atoms with Crippen LogP contribution in [0.2, 0.25) is 5.02 Å². The van der Waals surface area contributed by atoms with Gasteiger partial charge < -0.3 is 5.32 Å². The first-order valence-corrected chi connectivity index (χ1v) is 8.94. The van der Waals surface area contributed by atoms with Crippen molar-refractivity contribution in [2.45, 2.75) is 39.3 Å². The Morgan fingerprint density at radius 3 is 2.48 bits per heavy atom. The van der Waals surface area contributed by atoms with Crippen LogP contribution in [0.1, 0.15) is 27.2 Å². The Kier molecular flexibility index (Phi) is 6.04. The van der Waals surface area contributed by atoms with Gasteiger partial charge in [0.1, 0.15) is 6.04 Å². The fourth-order valence-electron chi connectivity index (χ4n) is 1.89. The maximum atomic E-state index is 12.2. The number of nitrogens with one attached hydrogen (secondary N) is 1. The lowest BCUT2D eigenvalue weighted by Gasteiger charge is -2.29. The van der Waals surface area contributed by atoms with Gasteiger partial charge in [-0.25, -0.2) is 8.42 Å². The van der Waals surface area contributed by atoms with Crippen molar-refractivity contribution < 1.29 is 13.2 Å². The SMILES string of the molecule is CCC(C)NC(=O)C(C)N(c1cccc(Cl)c1)S(C)(=O)=O. The van der Waals surface area contributed by atoms with Gasteiger partial charge in [0, 0.05) is 11.1 Å². The molecule has 5 nitrogen and oxygen atoms in total. The molecule has 1 N–H and O–H groups in total. The van der Waals surface area contributed by atoms with E-state index in [9.17, 15) is 13.2 Å². The molecule has 0 bridgehead atoms. The van der Waals surface area contributed by atoms with Gasteiger partial charge in [-0.15, -0.1) is 0 Å². The lowest BCUT2D eigenvalue weighted by Crippen LogP contribution is -2.49. The van der Waals surface area contributed by atoms with Crippen LogP contribution < -0.4 is 9.62 Å². The molecule has 1 rings (SSSR count). The number of hydrogen-bond donors (Lipinski definition) is 1. The van der Waals surface area contributed by atoms with Gasteiger partial charge in [-0.05, 0) is 38.5 Å². The molecule has 7 heteroatoms. The highest BCUT2D eigenvalue weighted by Gasteiger charge is 2.29. The van der Waals surface area contributed by atoms with Crippen molar-refractivity contribution in [3.63, 3.8) is 0 Å². The molecule has 2 unspecified atom stereocenters. The highest BCUT2D eigenvalue weighted by atomic mass is 35.5. The van der Waals surface area contributed by atoms with Crippen LogP contribution in [0.15, 0.2) is 24.3 Å². The number of hydrogen-bond acceptors (Lipinski definition) is 3. The summed E-state index contributed by atoms with van der Waals surface area (Å²) >= 11 is 5.91. The molecule has 1 amide bonds. The number of benzene rings is 1. The molecule has 1 aromatic rings. The van der Waals surface area contributed by atoms with E-state index in [0.717, 1.165) is 17.0 Å². The monoisotopic (exact) mass is 332 g/mol. The lowest BCUT2D eigenvalue weighted by molar-refractivity contribution is -0.122. The molecular formula is C14H21ClN2O3S. The maximum absolute atomic E-state index is 12.2. The van der Waals surface area contributed by atoms with E-state index in [0.29, 0.717) is 10.7 Å². The number of sulfonamides is 1. The van der Waals surface area contributed by atoms with Crippen molar-refractivity contribution in [1.82, 2.24) is 5.32 Å². The molecule has 2 atom stereocenters. The number of halogens is 1. The highest BCUT2D eigenvalue weighted by Crippen LogP contribution is 2.24. The average Bonchev–Trinajstić information content (AvgIpc) is 2.36. The molecule has 0 aliphatic carbocycles. The van der Waals surface area contributed by atoms with Crippen molar-refractivity contribution in [3.05, 3.63) is 29.3 Å². The number of carbonyl (C=O) groups excluding carboxylic acids is 1. The second kappa shape index (κ2) is 7.13. The quantitative estimate of drug-likeness (QED) is 0.870. The minimum Gasteiger partial charge on any atom is -0.352 e. The summed E-state index contributed by atoms with van der Waals surface area (Å²) in [5, 5.41) is 3.20. The van der Waals surface area contributed by atoms with E-state index < -0.39 is 16.1 Å². The number of amides is 1. The largest absolute Gasteiger partial charge is 0.352 e. The molecule has 0 spiro atoms. The van der Waals surface area contributed by atoms with Crippen LogP contribution in [0.5, 0.6) is 0 Å². The summed E-state index contributed by atoms with van der Waals surface area (Å²) in [6.45, 7) is 5.37. The van der Waals surface area contributed by atoms with Gasteiger partial charge in [-0.1, -0.05) is 24.6 Å². The van der Waals surface area contributed by atoms with Crippen LogP contribution in [0.3, 0.4) is 0 Å². The van der Waals surface area contributed by atoms with Gasteiger partial charge in [-0.3, -0.25) is 9.10 Å². The standard InChI is InChI=1S/C14H21ClN2O3S/c1-5-10(2)16-14(18)11(3)17(21(4,19)20)13-8-6-7-12(15)9-13/h6-11H,5H2,1-4H3,(H,16,18). The Balaban J connectivity index is 3.13. The van der Waals surface area contributed by atoms with Crippen LogP contribution in [0, 0.1) is 0 Å². The summed E-state index contributed by atoms with van der Waals surface area (Å²) in [7, 11) is -3.61. The Morgan fingerprint density at radius 2 is 2.00 bits per heavy atom. The van der Waals surface area contributed by atoms with E-state index >= 15 is 0 Å². The topological polar surface area (TPSA) is 66.5 Å². The molecule has 0 heterocycles. The Labute approximate surface area is 131 Å². The van der Waals surface area contributed by atoms with Gasteiger partial charge in [0.2, 0.25) is 15.9 Å². The minimum atomic E-state index is -3.61. The first-order chi connectivity index (χ1) is 9.66. The molecule has 1 aromatic carbocycles. The minimum absolute atomic E-state index is 0.0132. The summed E-state index contributed by atoms with van der Waals surface area (Å²) in [4.78, 5) is 12.2. The smallest absolute Gasteiger partial charge is 0.243 e. The van der Waals surface area contributed by atoms with Crippen LogP contribution in [-0.4, -0.2) is 32.7 Å². The number of anilines is 1. The van der Waals surface area contributed by atoms with Gasteiger partial charge in [0.15, 0.2) is 0 Å². The van der Waals surface area contributed by atoms with E-state index in [1.165, 1.54) is 6.07 Å². The summed E-state index contributed by atoms with van der Waals surface area (Å²) in [5.41, 5.74) is 0.372. The fraction of sp³-hybridized carbons (Fsp3) is 0.500. The predicted octanol–water partition coefficient (Wildman–Crippen LogP) is 2.41. The zero-order valence-electron chi connectivity index (χ0n) is 12.6. The zero-order valence-corrected chi connectivity index (χ0v) is 14.2. The van der Waals surface area contributed by atoms with E-state index in [2.05, 4.69) is 5.32 Å². The van der Waals surface area contributed by atoms with Crippen molar-refractivity contribution in [1.29, 1.82) is 0 Å². The van der Waals surface area contributed by atoms with Crippen LogP contribution in [0.25, 0.3) is 0 Å². The molecule has 21 heavy (non-hydrogen) atoms. The van der Waals surface area contributed by atoms with Gasteiger partial charge >= 0.3 is 0 Å². The van der Waals surface area contributed by atoms with Gasteiger partial charge in [0.25, 0.3) is 0 Å². The molecule has 118 valence electrons. The van der Waals surface area contributed by atoms with Crippen LogP contribution in [0.4, 0.5) is 5.69 Å². The summed E-state index contributed by atoms with van der Waals surface area (Å²) in [5.74, 6) is -0.338. The van der Waals surface area contributed by atoms with Crippen LogP contribution >= 0.6 is 11.6 Å². The maximum Gasteiger partial charge on any atom is 0.243 e. The van der Waals surface area contributed by atoms with Crippen molar-refractivity contribution in [2.24, 2.45) is 0 Å². The zero-order chi connectivity index (χ0) is 16.2. The van der Waals surface area contributed by atoms with Gasteiger partial charge in [-0.2, -0.15) is 0 Å². The molecule has 0 aliphatic rings. The molecular weight excluding hydrogens is 312 g/mol. The van der Waals surface area contributed by atoms with E-state index in [-0.39, 0.29) is 11.9 Å². The highest BCUT2D eigenvalue weighted by molar-refractivity contribution is 7.92. The average molecular weight is 333 g/mol. The molecule has 0 saturated heterocycles. The number of carbonyl (C=O) groups is 1. The second-order valence-corrected chi connectivity index (χ2v) is 7.33. The Morgan fingerprint density at radius 1 is 1.38 bits per heavy atom. The van der Waals surface area contributed by atoms with Crippen molar-refractivity contribution >= 4 is 33.2 Å². The first kappa shape index (κ1) is 17.8. The Hall–Kier alpha value is -1.27. The summed E-state index contributed by atoms with van der Waals surface area (Å²) in [6.07, 6.45) is 1.84. The van der Waals surface area contributed by atoms with Crippen LogP contribution in [-0.2, 0) is 14.8 Å². The predicted molar refractivity (Wildman–Crippen MR) is 86.1 cm³/mol. The number of rotatable bonds is 6. The molecule has 0 aromatic heterocycles. The van der Waals surface area contributed by atoms with Gasteiger partial charge in [0.05, 0.1) is 11.9 Å². The first-order valence-electron chi connectivity index (χ1n) is 6.72. The third-order valence-electron chi connectivity index (χ3n) is 3.15. The summed E-state index contributed by atoms with van der Waals surface area (Å²) in [6, 6.07) is 5.56. The molecule has 0 fully saturated rings. The fourth-order valence-corrected chi connectivity index (χ4v) is 3.24.